The first-order valence-corrected chi connectivity index (χ1v) is 6.03. The second kappa shape index (κ2) is 5.34. The van der Waals surface area contributed by atoms with E-state index < -0.39 is 0 Å². The highest BCUT2D eigenvalue weighted by Crippen LogP contribution is 2.37. The van der Waals surface area contributed by atoms with E-state index in [0.29, 0.717) is 5.92 Å². The minimum atomic E-state index is 0.454. The van der Waals surface area contributed by atoms with Crippen molar-refractivity contribution in [1.29, 1.82) is 0 Å². The normalized spacial score (nSPS) is 28.1. The lowest BCUT2D eigenvalue weighted by atomic mass is 9.73. The molecule has 1 aliphatic rings. The molecule has 1 unspecified atom stereocenters. The molecule has 1 aliphatic carbocycles. The fourth-order valence-electron chi connectivity index (χ4n) is 2.55. The lowest BCUT2D eigenvalue weighted by Crippen LogP contribution is -2.21. The molecule has 0 aromatic heterocycles. The van der Waals surface area contributed by atoms with Crippen molar-refractivity contribution < 1.29 is 0 Å². The second-order valence-electron chi connectivity index (χ2n) is 5.09. The van der Waals surface area contributed by atoms with Crippen molar-refractivity contribution in [3.05, 3.63) is 37.0 Å². The van der Waals surface area contributed by atoms with Crippen molar-refractivity contribution in [1.82, 2.24) is 0 Å². The van der Waals surface area contributed by atoms with Crippen LogP contribution in [-0.2, 0) is 0 Å². The third kappa shape index (κ3) is 3.09. The van der Waals surface area contributed by atoms with Gasteiger partial charge in [0.25, 0.3) is 0 Å². The van der Waals surface area contributed by atoms with Gasteiger partial charge in [-0.15, -0.1) is 6.58 Å². The topological polar surface area (TPSA) is 0 Å². The standard InChI is InChI=1S/C15H24/c1-6-15(13(5)11(2)3)14-9-7-12(4)8-10-14/h6,12,14-15H,1-2,5,7-10H2,3-4H3. The summed E-state index contributed by atoms with van der Waals surface area (Å²) in [6.45, 7) is 16.5. The van der Waals surface area contributed by atoms with Gasteiger partial charge in [0.2, 0.25) is 0 Å². The summed E-state index contributed by atoms with van der Waals surface area (Å²) in [5.74, 6) is 2.11. The van der Waals surface area contributed by atoms with E-state index >= 15 is 0 Å². The van der Waals surface area contributed by atoms with Crippen LogP contribution in [-0.4, -0.2) is 0 Å². The molecule has 0 aliphatic heterocycles. The second-order valence-corrected chi connectivity index (χ2v) is 5.09. The Morgan fingerprint density at radius 1 is 1.20 bits per heavy atom. The molecule has 0 radical (unpaired) electrons. The van der Waals surface area contributed by atoms with Gasteiger partial charge in [0.15, 0.2) is 0 Å². The van der Waals surface area contributed by atoms with Crippen molar-refractivity contribution in [3.8, 4) is 0 Å². The Bertz CT molecular complexity index is 251. The quantitative estimate of drug-likeness (QED) is 0.458. The Labute approximate surface area is 94.8 Å². The maximum absolute atomic E-state index is 4.15. The molecular weight excluding hydrogens is 180 g/mol. The minimum Gasteiger partial charge on any atom is -0.102 e. The van der Waals surface area contributed by atoms with Gasteiger partial charge in [0.1, 0.15) is 0 Å². The number of hydrogen-bond acceptors (Lipinski definition) is 0. The molecule has 0 aromatic rings. The van der Waals surface area contributed by atoms with E-state index in [2.05, 4.69) is 32.7 Å². The molecule has 1 atom stereocenters. The fraction of sp³-hybridized carbons (Fsp3) is 0.600. The van der Waals surface area contributed by atoms with E-state index in [1.165, 1.54) is 31.3 Å². The van der Waals surface area contributed by atoms with Crippen molar-refractivity contribution >= 4 is 0 Å². The maximum atomic E-state index is 4.15. The van der Waals surface area contributed by atoms with Crippen LogP contribution < -0.4 is 0 Å². The summed E-state index contributed by atoms with van der Waals surface area (Å²) in [6.07, 6.45) is 7.43. The van der Waals surface area contributed by atoms with Gasteiger partial charge >= 0.3 is 0 Å². The summed E-state index contributed by atoms with van der Waals surface area (Å²) in [6, 6.07) is 0. The van der Waals surface area contributed by atoms with Crippen molar-refractivity contribution in [2.75, 3.05) is 0 Å². The largest absolute Gasteiger partial charge is 0.102 e. The Kier molecular flexibility index (Phi) is 4.38. The van der Waals surface area contributed by atoms with Crippen LogP contribution in [0.2, 0.25) is 0 Å². The van der Waals surface area contributed by atoms with Gasteiger partial charge in [-0.25, -0.2) is 0 Å². The SMILES string of the molecule is C=CC(C(=C)C(=C)C)C1CCC(C)CC1. The molecule has 0 heterocycles. The highest BCUT2D eigenvalue weighted by atomic mass is 14.3. The van der Waals surface area contributed by atoms with Crippen LogP contribution in [0.4, 0.5) is 0 Å². The monoisotopic (exact) mass is 204 g/mol. The average molecular weight is 204 g/mol. The van der Waals surface area contributed by atoms with Gasteiger partial charge < -0.3 is 0 Å². The first kappa shape index (κ1) is 12.3. The Balaban J connectivity index is 2.63. The van der Waals surface area contributed by atoms with Crippen molar-refractivity contribution in [2.24, 2.45) is 17.8 Å². The van der Waals surface area contributed by atoms with Crippen LogP contribution in [0.3, 0.4) is 0 Å². The van der Waals surface area contributed by atoms with Crippen LogP contribution in [0, 0.1) is 17.8 Å². The molecule has 0 bridgehead atoms. The zero-order valence-electron chi connectivity index (χ0n) is 10.3. The predicted octanol–water partition coefficient (Wildman–Crippen LogP) is 4.75. The lowest BCUT2D eigenvalue weighted by Gasteiger charge is -2.32. The molecule has 1 saturated carbocycles. The highest BCUT2D eigenvalue weighted by molar-refractivity contribution is 5.29. The van der Waals surface area contributed by atoms with E-state index in [-0.39, 0.29) is 0 Å². The Morgan fingerprint density at radius 3 is 2.13 bits per heavy atom. The summed E-state index contributed by atoms with van der Waals surface area (Å²) in [5, 5.41) is 0. The van der Waals surface area contributed by atoms with E-state index in [4.69, 9.17) is 0 Å². The number of hydrogen-bond donors (Lipinski definition) is 0. The van der Waals surface area contributed by atoms with E-state index in [9.17, 15) is 0 Å². The summed E-state index contributed by atoms with van der Waals surface area (Å²) in [4.78, 5) is 0. The molecule has 0 aromatic carbocycles. The Hall–Kier alpha value is -0.780. The lowest BCUT2D eigenvalue weighted by molar-refractivity contribution is 0.258. The summed E-state index contributed by atoms with van der Waals surface area (Å²) < 4.78 is 0. The smallest absolute Gasteiger partial charge is 0.00401 e. The zero-order valence-corrected chi connectivity index (χ0v) is 10.3. The highest BCUT2D eigenvalue weighted by Gasteiger charge is 2.25. The summed E-state index contributed by atoms with van der Waals surface area (Å²) >= 11 is 0. The molecule has 0 heteroatoms. The van der Waals surface area contributed by atoms with Gasteiger partial charge in [-0.05, 0) is 37.2 Å². The fourth-order valence-corrected chi connectivity index (χ4v) is 2.55. The molecule has 0 saturated heterocycles. The van der Waals surface area contributed by atoms with Crippen LogP contribution in [0.25, 0.3) is 0 Å². The van der Waals surface area contributed by atoms with Gasteiger partial charge in [0, 0.05) is 5.92 Å². The predicted molar refractivity (Wildman–Crippen MR) is 68.8 cm³/mol. The van der Waals surface area contributed by atoms with Gasteiger partial charge in [0.05, 0.1) is 0 Å². The third-order valence-corrected chi connectivity index (χ3v) is 3.77. The molecule has 0 N–H and O–H groups in total. The van der Waals surface area contributed by atoms with Crippen LogP contribution in [0.1, 0.15) is 39.5 Å². The Morgan fingerprint density at radius 2 is 1.73 bits per heavy atom. The molecule has 15 heavy (non-hydrogen) atoms. The number of rotatable bonds is 4. The summed E-state index contributed by atoms with van der Waals surface area (Å²) in [5.41, 5.74) is 2.29. The number of allylic oxidation sites excluding steroid dienone is 3. The molecule has 1 rings (SSSR count). The molecule has 0 nitrogen and oxygen atoms in total. The van der Waals surface area contributed by atoms with Crippen LogP contribution in [0.5, 0.6) is 0 Å². The van der Waals surface area contributed by atoms with Gasteiger partial charge in [-0.3, -0.25) is 0 Å². The molecular formula is C15H24. The third-order valence-electron chi connectivity index (χ3n) is 3.77. The van der Waals surface area contributed by atoms with Crippen LogP contribution in [0.15, 0.2) is 37.0 Å². The van der Waals surface area contributed by atoms with Gasteiger partial charge in [-0.1, -0.05) is 44.6 Å². The maximum Gasteiger partial charge on any atom is 0.00401 e. The molecule has 84 valence electrons. The molecule has 0 spiro atoms. The van der Waals surface area contributed by atoms with Crippen molar-refractivity contribution in [3.63, 3.8) is 0 Å². The summed E-state index contributed by atoms with van der Waals surface area (Å²) in [7, 11) is 0. The first-order valence-electron chi connectivity index (χ1n) is 6.03. The zero-order chi connectivity index (χ0) is 11.4. The molecule has 1 fully saturated rings. The minimum absolute atomic E-state index is 0.454. The van der Waals surface area contributed by atoms with Gasteiger partial charge in [-0.2, -0.15) is 0 Å². The van der Waals surface area contributed by atoms with E-state index in [1.54, 1.807) is 0 Å². The first-order chi connectivity index (χ1) is 7.06. The molecule has 0 amide bonds. The van der Waals surface area contributed by atoms with E-state index in [0.717, 1.165) is 17.4 Å². The average Bonchev–Trinajstić information content (AvgIpc) is 2.21. The van der Waals surface area contributed by atoms with Crippen molar-refractivity contribution in [2.45, 2.75) is 39.5 Å². The van der Waals surface area contributed by atoms with Crippen LogP contribution >= 0.6 is 0 Å². The van der Waals surface area contributed by atoms with E-state index in [1.807, 2.05) is 6.92 Å².